The van der Waals surface area contributed by atoms with Gasteiger partial charge in [0.05, 0.1) is 0 Å². The van der Waals surface area contributed by atoms with Crippen LogP contribution in [-0.4, -0.2) is 5.43 Å². The Bertz CT molecular complexity index is 1400. The van der Waals surface area contributed by atoms with Crippen LogP contribution in [0.15, 0.2) is 133 Å². The summed E-state index contributed by atoms with van der Waals surface area (Å²) in [6, 6.07) is 48.1. The van der Waals surface area contributed by atoms with Crippen LogP contribution in [0.1, 0.15) is 50.7 Å². The fourth-order valence-electron chi connectivity index (χ4n) is 4.86. The van der Waals surface area contributed by atoms with Crippen molar-refractivity contribution in [3.05, 3.63) is 145 Å². The van der Waals surface area contributed by atoms with Crippen LogP contribution in [0, 0.1) is 0 Å². The molecular formula is C38H40Cl2SiZr-2. The first-order valence-electron chi connectivity index (χ1n) is 14.7. The summed E-state index contributed by atoms with van der Waals surface area (Å²) in [6.45, 7) is 4.48. The van der Waals surface area contributed by atoms with Crippen molar-refractivity contribution in [2.75, 3.05) is 0 Å². The van der Waals surface area contributed by atoms with Crippen molar-refractivity contribution in [3.63, 3.8) is 0 Å². The number of fused-ring (bicyclic) bond motifs is 2. The van der Waals surface area contributed by atoms with Crippen LogP contribution >= 0.6 is 0 Å². The maximum absolute atomic E-state index is 2.31. The molecule has 6 rings (SSSR count). The average Bonchev–Trinajstić information content (AvgIpc) is 3.64. The molecule has 0 amide bonds. The van der Waals surface area contributed by atoms with Gasteiger partial charge in [-0.3, -0.25) is 0 Å². The second-order valence-electron chi connectivity index (χ2n) is 10.3. The molecular weight excluding hydrogens is 647 g/mol. The van der Waals surface area contributed by atoms with Crippen molar-refractivity contribution in [2.24, 2.45) is 0 Å². The van der Waals surface area contributed by atoms with Gasteiger partial charge in [0, 0.05) is 0 Å². The molecule has 0 spiro atoms. The third-order valence-electron chi connectivity index (χ3n) is 7.12. The summed E-state index contributed by atoms with van der Waals surface area (Å²) in [5.74, 6) is 0. The average molecular weight is 687 g/mol. The third kappa shape index (κ3) is 11.1. The predicted octanol–water partition coefficient (Wildman–Crippen LogP) is 3.15. The van der Waals surface area contributed by atoms with Crippen LogP contribution in [0.5, 0.6) is 0 Å². The molecule has 0 unspecified atom stereocenters. The van der Waals surface area contributed by atoms with E-state index < -0.39 is 5.43 Å². The van der Waals surface area contributed by atoms with Crippen molar-refractivity contribution in [3.8, 4) is 0 Å². The summed E-state index contributed by atoms with van der Waals surface area (Å²) >= 11 is 1.64. The maximum atomic E-state index is 2.31. The molecule has 0 N–H and O–H groups in total. The molecule has 42 heavy (non-hydrogen) atoms. The number of hydrogen-bond acceptors (Lipinski definition) is 0. The summed E-state index contributed by atoms with van der Waals surface area (Å²) in [4.78, 5) is 0. The Hall–Kier alpha value is -2.22. The van der Waals surface area contributed by atoms with Crippen LogP contribution in [-0.2, 0) is 36.2 Å². The van der Waals surface area contributed by atoms with Crippen LogP contribution in [0.3, 0.4) is 0 Å². The number of benzene rings is 4. The number of rotatable bonds is 8. The number of unbranched alkanes of at least 4 members (excludes halogenated alkanes) is 2. The second kappa shape index (κ2) is 19.9. The van der Waals surface area contributed by atoms with Gasteiger partial charge >= 0.3 is 99.8 Å². The molecule has 0 nitrogen and oxygen atoms in total. The molecule has 6 aromatic rings. The predicted molar refractivity (Wildman–Crippen MR) is 174 cm³/mol. The van der Waals surface area contributed by atoms with Gasteiger partial charge in [-0.15, -0.1) is 81.2 Å². The SMILES string of the molecule is CCCCc1cc2ccccc2[cH-]1.CCCCc1cc2ccccc2[cH-]1.[Cl-].[Cl-].[Zr+2]=[Si](c1ccccc1)c1ccccc1. The zero-order chi connectivity index (χ0) is 28.0. The van der Waals surface area contributed by atoms with Gasteiger partial charge in [0.2, 0.25) is 0 Å². The minimum atomic E-state index is -0.455. The zero-order valence-electron chi connectivity index (χ0n) is 24.7. The fourth-order valence-corrected chi connectivity index (χ4v) is 8.70. The molecule has 4 heteroatoms. The van der Waals surface area contributed by atoms with Crippen molar-refractivity contribution in [1.82, 2.24) is 0 Å². The molecule has 0 fully saturated rings. The Morgan fingerprint density at radius 3 is 1.24 bits per heavy atom. The molecule has 0 atom stereocenters. The molecule has 0 aromatic heterocycles. The van der Waals surface area contributed by atoms with E-state index in [1.165, 1.54) is 81.6 Å². The summed E-state index contributed by atoms with van der Waals surface area (Å²) in [7, 11) is 0. The first-order valence-corrected chi connectivity index (χ1v) is 19.8. The van der Waals surface area contributed by atoms with Gasteiger partial charge in [-0.25, -0.2) is 0 Å². The Kier molecular flexibility index (Phi) is 17.0. The summed E-state index contributed by atoms with van der Waals surface area (Å²) in [5.41, 5.74) is 2.52. The van der Waals surface area contributed by atoms with Crippen LogP contribution in [0.4, 0.5) is 0 Å². The van der Waals surface area contributed by atoms with Crippen LogP contribution < -0.4 is 35.2 Å². The molecule has 0 aliphatic carbocycles. The third-order valence-corrected chi connectivity index (χ3v) is 13.2. The summed E-state index contributed by atoms with van der Waals surface area (Å²) < 4.78 is 0. The number of aryl methyl sites for hydroxylation is 2. The quantitative estimate of drug-likeness (QED) is 0.171. The van der Waals surface area contributed by atoms with E-state index >= 15 is 0 Å². The van der Waals surface area contributed by atoms with E-state index in [0.717, 1.165) is 0 Å². The van der Waals surface area contributed by atoms with Gasteiger partial charge in [-0.2, -0.15) is 12.1 Å². The standard InChI is InChI=1S/2C13H15.C12H10Si.2ClH.Zr/c2*1-2-3-6-11-9-12-7-4-5-8-13(12)10-11;1-3-7-11(8-4-1)13-12-9-5-2-6-10-12;;;/h2*4-5,7-10H,2-3,6H2,1H3;1-10H;2*1H;/q2*-1;;;;+2/p-2. The van der Waals surface area contributed by atoms with Crippen molar-refractivity contribution in [1.29, 1.82) is 0 Å². The Morgan fingerprint density at radius 2 is 0.881 bits per heavy atom. The van der Waals surface area contributed by atoms with Gasteiger partial charge in [-0.1, -0.05) is 51.7 Å². The summed E-state index contributed by atoms with van der Waals surface area (Å²) in [6.07, 6.45) is 7.62. The Balaban J connectivity index is 0.000000215. The summed E-state index contributed by atoms with van der Waals surface area (Å²) in [5, 5.41) is 8.56. The Morgan fingerprint density at radius 1 is 0.524 bits per heavy atom. The molecule has 0 aliphatic heterocycles. The molecule has 0 aliphatic rings. The van der Waals surface area contributed by atoms with E-state index in [1.807, 2.05) is 0 Å². The fraction of sp³-hybridized carbons (Fsp3) is 0.211. The van der Waals surface area contributed by atoms with Gasteiger partial charge < -0.3 is 24.8 Å². The van der Waals surface area contributed by atoms with Gasteiger partial charge in [0.1, 0.15) is 0 Å². The Labute approximate surface area is 280 Å². The van der Waals surface area contributed by atoms with Gasteiger partial charge in [-0.05, 0) is 12.8 Å². The van der Waals surface area contributed by atoms with E-state index in [4.69, 9.17) is 0 Å². The topological polar surface area (TPSA) is 0 Å². The second-order valence-corrected chi connectivity index (χ2v) is 15.9. The number of hydrogen-bond donors (Lipinski definition) is 0. The van der Waals surface area contributed by atoms with E-state index in [9.17, 15) is 0 Å². The van der Waals surface area contributed by atoms with Crippen LogP contribution in [0.2, 0.25) is 0 Å². The minimum absolute atomic E-state index is 0. The molecule has 0 heterocycles. The normalized spacial score (nSPS) is 10.0. The molecule has 0 saturated heterocycles. The monoisotopic (exact) mass is 684 g/mol. The molecule has 216 valence electrons. The van der Waals surface area contributed by atoms with Crippen molar-refractivity contribution < 1.29 is 48.1 Å². The molecule has 6 aromatic carbocycles. The molecule has 0 saturated carbocycles. The first-order chi connectivity index (χ1) is 19.7. The van der Waals surface area contributed by atoms with Crippen molar-refractivity contribution in [2.45, 2.75) is 52.4 Å². The van der Waals surface area contributed by atoms with E-state index in [1.54, 1.807) is 23.3 Å². The van der Waals surface area contributed by atoms with Crippen LogP contribution in [0.25, 0.3) is 21.5 Å². The van der Waals surface area contributed by atoms with E-state index in [2.05, 4.69) is 147 Å². The molecule has 0 radical (unpaired) electrons. The van der Waals surface area contributed by atoms with E-state index in [0.29, 0.717) is 0 Å². The van der Waals surface area contributed by atoms with Gasteiger partial charge in [0.25, 0.3) is 0 Å². The van der Waals surface area contributed by atoms with E-state index in [-0.39, 0.29) is 24.8 Å². The van der Waals surface area contributed by atoms with Gasteiger partial charge in [0.15, 0.2) is 0 Å². The zero-order valence-corrected chi connectivity index (χ0v) is 29.7. The first kappa shape index (κ1) is 36.0. The van der Waals surface area contributed by atoms with Crippen molar-refractivity contribution >= 4 is 37.4 Å². The molecule has 0 bridgehead atoms. The number of halogens is 2.